The highest BCUT2D eigenvalue weighted by Crippen LogP contribution is 2.32. The van der Waals surface area contributed by atoms with E-state index in [0.717, 1.165) is 33.5 Å². The maximum atomic E-state index is 12.6. The Morgan fingerprint density at radius 3 is 2.51 bits per heavy atom. The van der Waals surface area contributed by atoms with Gasteiger partial charge in [0.25, 0.3) is 17.1 Å². The molecule has 0 radical (unpaired) electrons. The van der Waals surface area contributed by atoms with E-state index < -0.39 is 0 Å². The number of amides is 3. The molecule has 35 heavy (non-hydrogen) atoms. The van der Waals surface area contributed by atoms with Gasteiger partial charge >= 0.3 is 0 Å². The van der Waals surface area contributed by atoms with Crippen molar-refractivity contribution in [3.05, 3.63) is 86.6 Å². The van der Waals surface area contributed by atoms with Crippen LogP contribution >= 0.6 is 23.4 Å². The standard InChI is InChI=1S/C25H22ClN3O5S/c1-15-21(16(2)34-28-15)14-33-20-9-5-18(6-10-20)23(30)27-11-12-29-24(31)22(35-25(29)32)13-17-3-7-19(26)8-4-17/h3-10,13H,11-12,14H2,1-2H3,(H,27,30)/b22-13-. The van der Waals surface area contributed by atoms with Crippen molar-refractivity contribution in [1.29, 1.82) is 0 Å². The van der Waals surface area contributed by atoms with Gasteiger partial charge in [-0.3, -0.25) is 19.3 Å². The number of hydrogen-bond donors (Lipinski definition) is 1. The molecule has 0 spiro atoms. The molecule has 1 aromatic heterocycles. The van der Waals surface area contributed by atoms with Crippen molar-refractivity contribution in [3.63, 3.8) is 0 Å². The molecule has 0 atom stereocenters. The molecule has 0 aliphatic carbocycles. The van der Waals surface area contributed by atoms with Crippen molar-refractivity contribution in [2.24, 2.45) is 0 Å². The first-order valence-corrected chi connectivity index (χ1v) is 11.9. The van der Waals surface area contributed by atoms with Gasteiger partial charge in [-0.1, -0.05) is 28.9 Å². The second kappa shape index (κ2) is 10.8. The lowest BCUT2D eigenvalue weighted by Gasteiger charge is -2.13. The van der Waals surface area contributed by atoms with Crippen LogP contribution in [-0.2, 0) is 11.4 Å². The first-order valence-electron chi connectivity index (χ1n) is 10.8. The Morgan fingerprint density at radius 2 is 1.86 bits per heavy atom. The number of hydrogen-bond acceptors (Lipinski definition) is 7. The van der Waals surface area contributed by atoms with Gasteiger partial charge in [0.1, 0.15) is 18.1 Å². The normalized spacial score (nSPS) is 14.6. The topological polar surface area (TPSA) is 102 Å². The number of benzene rings is 2. The minimum atomic E-state index is -0.385. The van der Waals surface area contributed by atoms with Gasteiger partial charge in [0.15, 0.2) is 0 Å². The number of aromatic nitrogens is 1. The fourth-order valence-electron chi connectivity index (χ4n) is 3.35. The molecule has 3 aromatic rings. The van der Waals surface area contributed by atoms with Crippen molar-refractivity contribution in [3.8, 4) is 5.75 Å². The van der Waals surface area contributed by atoms with Crippen LogP contribution in [0.2, 0.25) is 5.02 Å². The Kier molecular flexibility index (Phi) is 7.57. The van der Waals surface area contributed by atoms with Crippen molar-refractivity contribution in [1.82, 2.24) is 15.4 Å². The summed E-state index contributed by atoms with van der Waals surface area (Å²) >= 11 is 6.75. The van der Waals surface area contributed by atoms with Gasteiger partial charge < -0.3 is 14.6 Å². The molecule has 1 saturated heterocycles. The lowest BCUT2D eigenvalue weighted by atomic mass is 10.2. The molecule has 1 aliphatic rings. The quantitative estimate of drug-likeness (QED) is 0.425. The van der Waals surface area contributed by atoms with Crippen molar-refractivity contribution < 1.29 is 23.6 Å². The van der Waals surface area contributed by atoms with Crippen LogP contribution in [0.25, 0.3) is 6.08 Å². The predicted molar refractivity (Wildman–Crippen MR) is 133 cm³/mol. The maximum Gasteiger partial charge on any atom is 0.293 e. The molecule has 1 aliphatic heterocycles. The van der Waals surface area contributed by atoms with Crippen LogP contribution in [0.4, 0.5) is 4.79 Å². The number of nitrogens with one attached hydrogen (secondary N) is 1. The third-order valence-electron chi connectivity index (χ3n) is 5.34. The fourth-order valence-corrected chi connectivity index (χ4v) is 4.34. The zero-order chi connectivity index (χ0) is 24.9. The lowest BCUT2D eigenvalue weighted by molar-refractivity contribution is -0.122. The monoisotopic (exact) mass is 511 g/mol. The van der Waals surface area contributed by atoms with Crippen molar-refractivity contribution in [2.75, 3.05) is 13.1 Å². The molecule has 0 bridgehead atoms. The highest BCUT2D eigenvalue weighted by atomic mass is 35.5. The molecule has 3 amide bonds. The SMILES string of the molecule is Cc1noc(C)c1COc1ccc(C(=O)NCCN2C(=O)S/C(=C\c3ccc(Cl)cc3)C2=O)cc1. The molecule has 180 valence electrons. The van der Waals surface area contributed by atoms with Crippen LogP contribution < -0.4 is 10.1 Å². The number of carbonyl (C=O) groups is 3. The van der Waals surface area contributed by atoms with Gasteiger partial charge in [0, 0.05) is 23.7 Å². The van der Waals surface area contributed by atoms with E-state index in [-0.39, 0.29) is 30.1 Å². The Bertz CT molecular complexity index is 1270. The summed E-state index contributed by atoms with van der Waals surface area (Å²) in [5.41, 5.74) is 2.88. The smallest absolute Gasteiger partial charge is 0.293 e. The van der Waals surface area contributed by atoms with Crippen LogP contribution in [0.1, 0.15) is 32.9 Å². The molecular formula is C25H22ClN3O5S. The number of thioether (sulfide) groups is 1. The molecule has 2 aromatic carbocycles. The number of imide groups is 1. The van der Waals surface area contributed by atoms with Crippen LogP contribution in [0.5, 0.6) is 5.75 Å². The summed E-state index contributed by atoms with van der Waals surface area (Å²) in [7, 11) is 0. The van der Waals surface area contributed by atoms with Gasteiger partial charge in [-0.15, -0.1) is 0 Å². The van der Waals surface area contributed by atoms with Gasteiger partial charge in [0.05, 0.1) is 16.2 Å². The second-order valence-electron chi connectivity index (χ2n) is 7.76. The minimum Gasteiger partial charge on any atom is -0.489 e. The van der Waals surface area contributed by atoms with Crippen LogP contribution in [-0.4, -0.2) is 40.2 Å². The Labute approximate surface area is 211 Å². The van der Waals surface area contributed by atoms with Gasteiger partial charge in [-0.2, -0.15) is 0 Å². The van der Waals surface area contributed by atoms with E-state index in [1.54, 1.807) is 54.6 Å². The van der Waals surface area contributed by atoms with Crippen molar-refractivity contribution in [2.45, 2.75) is 20.5 Å². The molecular weight excluding hydrogens is 490 g/mol. The minimum absolute atomic E-state index is 0.0764. The molecule has 8 nitrogen and oxygen atoms in total. The molecule has 4 rings (SSSR count). The highest BCUT2D eigenvalue weighted by Gasteiger charge is 2.34. The van der Waals surface area contributed by atoms with E-state index in [0.29, 0.717) is 33.6 Å². The molecule has 1 fully saturated rings. The molecule has 2 heterocycles. The van der Waals surface area contributed by atoms with Crippen LogP contribution in [0.15, 0.2) is 58.0 Å². The van der Waals surface area contributed by atoms with E-state index in [1.807, 2.05) is 13.8 Å². The number of ether oxygens (including phenoxy) is 1. The van der Waals surface area contributed by atoms with Crippen LogP contribution in [0, 0.1) is 13.8 Å². The fraction of sp³-hybridized carbons (Fsp3) is 0.200. The van der Waals surface area contributed by atoms with Gasteiger partial charge in [0.2, 0.25) is 0 Å². The summed E-state index contributed by atoms with van der Waals surface area (Å²) in [6.07, 6.45) is 1.65. The van der Waals surface area contributed by atoms with E-state index >= 15 is 0 Å². The molecule has 1 N–H and O–H groups in total. The third kappa shape index (κ3) is 5.93. The zero-order valence-corrected chi connectivity index (χ0v) is 20.6. The van der Waals surface area contributed by atoms with E-state index in [1.165, 1.54) is 0 Å². The first-order chi connectivity index (χ1) is 16.8. The number of aryl methyl sites for hydroxylation is 2. The first kappa shape index (κ1) is 24.6. The zero-order valence-electron chi connectivity index (χ0n) is 19.0. The summed E-state index contributed by atoms with van der Waals surface area (Å²) in [6, 6.07) is 13.7. The summed E-state index contributed by atoms with van der Waals surface area (Å²) in [5.74, 6) is 0.612. The number of nitrogens with zero attached hydrogens (tertiary/aromatic N) is 2. The molecule has 0 unspecified atom stereocenters. The molecule has 0 saturated carbocycles. The van der Waals surface area contributed by atoms with E-state index in [2.05, 4.69) is 10.5 Å². The Hall–Kier alpha value is -3.56. The lowest BCUT2D eigenvalue weighted by Crippen LogP contribution is -2.37. The summed E-state index contributed by atoms with van der Waals surface area (Å²) in [5, 5.41) is 6.85. The highest BCUT2D eigenvalue weighted by molar-refractivity contribution is 8.18. The summed E-state index contributed by atoms with van der Waals surface area (Å²) < 4.78 is 10.9. The largest absolute Gasteiger partial charge is 0.489 e. The summed E-state index contributed by atoms with van der Waals surface area (Å²) in [6.45, 7) is 4.20. The van der Waals surface area contributed by atoms with Gasteiger partial charge in [-0.25, -0.2) is 0 Å². The third-order valence-corrected chi connectivity index (χ3v) is 6.50. The molecule has 10 heteroatoms. The van der Waals surface area contributed by atoms with Crippen LogP contribution in [0.3, 0.4) is 0 Å². The van der Waals surface area contributed by atoms with Crippen molar-refractivity contribution >= 4 is 46.5 Å². The number of halogens is 1. The van der Waals surface area contributed by atoms with E-state index in [9.17, 15) is 14.4 Å². The number of rotatable bonds is 8. The average molecular weight is 512 g/mol. The maximum absolute atomic E-state index is 12.6. The van der Waals surface area contributed by atoms with Gasteiger partial charge in [-0.05, 0) is 73.6 Å². The second-order valence-corrected chi connectivity index (χ2v) is 9.19. The Balaban J connectivity index is 1.27. The summed E-state index contributed by atoms with van der Waals surface area (Å²) in [4.78, 5) is 38.8. The number of carbonyl (C=O) groups excluding carboxylic acids is 3. The van der Waals surface area contributed by atoms with E-state index in [4.69, 9.17) is 20.9 Å². The average Bonchev–Trinajstić information content (AvgIpc) is 3.31. The Morgan fingerprint density at radius 1 is 1.14 bits per heavy atom. The predicted octanol–water partition coefficient (Wildman–Crippen LogP) is 4.99.